The van der Waals surface area contributed by atoms with Crippen molar-refractivity contribution in [3.63, 3.8) is 0 Å². The van der Waals surface area contributed by atoms with Crippen LogP contribution in [0.2, 0.25) is 0 Å². The Morgan fingerprint density at radius 2 is 2.11 bits per heavy atom. The molecule has 1 rings (SSSR count). The lowest BCUT2D eigenvalue weighted by molar-refractivity contribution is -0.139. The summed E-state index contributed by atoms with van der Waals surface area (Å²) in [5.41, 5.74) is 1.20. The second-order valence-electron chi connectivity index (χ2n) is 4.30. The molecule has 0 unspecified atom stereocenters. The number of carboxylic acid groups (broad SMARTS) is 1. The second kappa shape index (κ2) is 6.84. The van der Waals surface area contributed by atoms with Crippen LogP contribution >= 0.6 is 0 Å². The van der Waals surface area contributed by atoms with E-state index in [4.69, 9.17) is 5.11 Å². The van der Waals surface area contributed by atoms with E-state index in [1.54, 1.807) is 19.1 Å². The molecule has 1 aromatic carbocycles. The molecule has 0 aliphatic rings. The van der Waals surface area contributed by atoms with Crippen LogP contribution in [0.4, 0.5) is 4.39 Å². The number of halogens is 1. The maximum absolute atomic E-state index is 13.3. The van der Waals surface area contributed by atoms with Crippen molar-refractivity contribution in [3.05, 3.63) is 35.1 Å². The molecule has 0 aliphatic heterocycles. The van der Waals surface area contributed by atoms with E-state index in [0.29, 0.717) is 11.1 Å². The highest BCUT2D eigenvalue weighted by molar-refractivity contribution is 5.79. The number of aryl methyl sites for hydroxylation is 1. The van der Waals surface area contributed by atoms with Crippen LogP contribution in [0, 0.1) is 12.7 Å². The minimum Gasteiger partial charge on any atom is -0.480 e. The molecule has 104 valence electrons. The Kier molecular flexibility index (Phi) is 5.44. The molecule has 0 saturated carbocycles. The SMILES string of the molecule is Cc1ccc(CNC(=O)CN[C@H](C)C(=O)O)cc1F. The van der Waals surface area contributed by atoms with E-state index >= 15 is 0 Å². The zero-order valence-corrected chi connectivity index (χ0v) is 10.9. The Balaban J connectivity index is 2.37. The summed E-state index contributed by atoms with van der Waals surface area (Å²) >= 11 is 0. The van der Waals surface area contributed by atoms with Crippen molar-refractivity contribution in [1.82, 2.24) is 10.6 Å². The first kappa shape index (κ1) is 15.1. The molecule has 1 aromatic rings. The Hall–Kier alpha value is -1.95. The first-order valence-electron chi connectivity index (χ1n) is 5.88. The van der Waals surface area contributed by atoms with E-state index in [9.17, 15) is 14.0 Å². The van der Waals surface area contributed by atoms with Gasteiger partial charge in [0.25, 0.3) is 0 Å². The fourth-order valence-corrected chi connectivity index (χ4v) is 1.34. The largest absolute Gasteiger partial charge is 0.480 e. The van der Waals surface area contributed by atoms with Crippen LogP contribution in [-0.2, 0) is 16.1 Å². The number of carbonyl (C=O) groups excluding carboxylic acids is 1. The third-order valence-corrected chi connectivity index (χ3v) is 2.67. The lowest BCUT2D eigenvalue weighted by Crippen LogP contribution is -2.41. The van der Waals surface area contributed by atoms with E-state index in [1.165, 1.54) is 13.0 Å². The molecule has 0 spiro atoms. The zero-order valence-electron chi connectivity index (χ0n) is 10.9. The van der Waals surface area contributed by atoms with Gasteiger partial charge >= 0.3 is 5.97 Å². The third-order valence-electron chi connectivity index (χ3n) is 2.67. The number of rotatable bonds is 6. The van der Waals surface area contributed by atoms with Crippen molar-refractivity contribution in [2.45, 2.75) is 26.4 Å². The molecular formula is C13H17FN2O3. The number of nitrogens with one attached hydrogen (secondary N) is 2. The van der Waals surface area contributed by atoms with Gasteiger partial charge in [-0.25, -0.2) is 4.39 Å². The smallest absolute Gasteiger partial charge is 0.320 e. The Morgan fingerprint density at radius 1 is 1.42 bits per heavy atom. The number of hydrogen-bond donors (Lipinski definition) is 3. The molecule has 1 atom stereocenters. The van der Waals surface area contributed by atoms with Crippen molar-refractivity contribution in [3.8, 4) is 0 Å². The predicted octanol–water partition coefficient (Wildman–Crippen LogP) is 0.813. The van der Waals surface area contributed by atoms with Crippen molar-refractivity contribution in [2.24, 2.45) is 0 Å². The molecule has 1 amide bonds. The van der Waals surface area contributed by atoms with Gasteiger partial charge < -0.3 is 10.4 Å². The van der Waals surface area contributed by atoms with Gasteiger partial charge in [0.05, 0.1) is 6.54 Å². The van der Waals surface area contributed by atoms with Gasteiger partial charge in [-0.1, -0.05) is 12.1 Å². The monoisotopic (exact) mass is 268 g/mol. The lowest BCUT2D eigenvalue weighted by Gasteiger charge is -2.10. The summed E-state index contributed by atoms with van der Waals surface area (Å²) in [6, 6.07) is 3.94. The number of aliphatic carboxylic acids is 1. The molecule has 0 aliphatic carbocycles. The molecule has 0 saturated heterocycles. The molecule has 3 N–H and O–H groups in total. The summed E-state index contributed by atoms with van der Waals surface area (Å²) < 4.78 is 13.3. The molecular weight excluding hydrogens is 251 g/mol. The van der Waals surface area contributed by atoms with Crippen LogP contribution in [0.15, 0.2) is 18.2 Å². The van der Waals surface area contributed by atoms with Crippen LogP contribution in [0.5, 0.6) is 0 Å². The fourth-order valence-electron chi connectivity index (χ4n) is 1.34. The Labute approximate surface area is 110 Å². The van der Waals surface area contributed by atoms with Crippen LogP contribution in [-0.4, -0.2) is 29.6 Å². The minimum absolute atomic E-state index is 0.0954. The maximum atomic E-state index is 13.3. The van der Waals surface area contributed by atoms with Crippen molar-refractivity contribution in [2.75, 3.05) is 6.54 Å². The predicted molar refractivity (Wildman–Crippen MR) is 68.1 cm³/mol. The summed E-state index contributed by atoms with van der Waals surface area (Å²) in [6.07, 6.45) is 0. The van der Waals surface area contributed by atoms with E-state index in [2.05, 4.69) is 10.6 Å². The van der Waals surface area contributed by atoms with Gasteiger partial charge in [-0.2, -0.15) is 0 Å². The van der Waals surface area contributed by atoms with Gasteiger partial charge in [0, 0.05) is 6.54 Å². The fraction of sp³-hybridized carbons (Fsp3) is 0.385. The molecule has 0 bridgehead atoms. The molecule has 0 fully saturated rings. The first-order valence-corrected chi connectivity index (χ1v) is 5.88. The van der Waals surface area contributed by atoms with Crippen LogP contribution in [0.25, 0.3) is 0 Å². The average Bonchev–Trinajstić information content (AvgIpc) is 2.37. The van der Waals surface area contributed by atoms with E-state index in [1.807, 2.05) is 0 Å². The van der Waals surface area contributed by atoms with Crippen molar-refractivity contribution >= 4 is 11.9 Å². The molecule has 6 heteroatoms. The van der Waals surface area contributed by atoms with Gasteiger partial charge in [-0.3, -0.25) is 14.9 Å². The number of benzene rings is 1. The topological polar surface area (TPSA) is 78.4 Å². The molecule has 0 radical (unpaired) electrons. The highest BCUT2D eigenvalue weighted by atomic mass is 19.1. The maximum Gasteiger partial charge on any atom is 0.320 e. The first-order chi connectivity index (χ1) is 8.90. The third kappa shape index (κ3) is 5.05. The van der Waals surface area contributed by atoms with Gasteiger partial charge in [0.15, 0.2) is 0 Å². The molecule has 19 heavy (non-hydrogen) atoms. The summed E-state index contributed by atoms with van der Waals surface area (Å²) in [6.45, 7) is 3.22. The molecule has 0 heterocycles. The van der Waals surface area contributed by atoms with Gasteiger partial charge in [0.2, 0.25) is 5.91 Å². The van der Waals surface area contributed by atoms with E-state index < -0.39 is 12.0 Å². The second-order valence-corrected chi connectivity index (χ2v) is 4.30. The zero-order chi connectivity index (χ0) is 14.4. The normalized spacial score (nSPS) is 11.9. The highest BCUT2D eigenvalue weighted by Crippen LogP contribution is 2.08. The van der Waals surface area contributed by atoms with Gasteiger partial charge in [-0.15, -0.1) is 0 Å². The average molecular weight is 268 g/mol. The summed E-state index contributed by atoms with van der Waals surface area (Å²) in [5, 5.41) is 13.8. The quantitative estimate of drug-likeness (QED) is 0.713. The van der Waals surface area contributed by atoms with Crippen molar-refractivity contribution in [1.29, 1.82) is 0 Å². The number of carbonyl (C=O) groups is 2. The van der Waals surface area contributed by atoms with Gasteiger partial charge in [0.1, 0.15) is 11.9 Å². The number of carboxylic acids is 1. The van der Waals surface area contributed by atoms with Crippen molar-refractivity contribution < 1.29 is 19.1 Å². The van der Waals surface area contributed by atoms with Crippen LogP contribution in [0.1, 0.15) is 18.1 Å². The minimum atomic E-state index is -1.02. The number of amides is 1. The van der Waals surface area contributed by atoms with Crippen LogP contribution in [0.3, 0.4) is 0 Å². The Morgan fingerprint density at radius 3 is 2.68 bits per heavy atom. The highest BCUT2D eigenvalue weighted by Gasteiger charge is 2.11. The summed E-state index contributed by atoms with van der Waals surface area (Å²) in [5.74, 6) is -1.67. The van der Waals surface area contributed by atoms with Gasteiger partial charge in [-0.05, 0) is 31.0 Å². The summed E-state index contributed by atoms with van der Waals surface area (Å²) in [7, 11) is 0. The number of hydrogen-bond acceptors (Lipinski definition) is 3. The standard InChI is InChI=1S/C13H17FN2O3/c1-8-3-4-10(5-11(8)14)6-16-12(17)7-15-9(2)13(18)19/h3-5,9,15H,6-7H2,1-2H3,(H,16,17)(H,18,19)/t9-/m1/s1. The summed E-state index contributed by atoms with van der Waals surface area (Å²) in [4.78, 5) is 22.0. The van der Waals surface area contributed by atoms with Crippen LogP contribution < -0.4 is 10.6 Å². The Bertz CT molecular complexity index is 477. The molecule has 0 aromatic heterocycles. The van der Waals surface area contributed by atoms with E-state index in [-0.39, 0.29) is 24.8 Å². The van der Waals surface area contributed by atoms with E-state index in [0.717, 1.165) is 0 Å². The molecule has 5 nitrogen and oxygen atoms in total. The lowest BCUT2D eigenvalue weighted by atomic mass is 10.1.